The number of hydrogen-bond donors (Lipinski definition) is 0. The Morgan fingerprint density at radius 1 is 1.08 bits per heavy atom. The van der Waals surface area contributed by atoms with Gasteiger partial charge in [-0.15, -0.1) is 23.1 Å². The Labute approximate surface area is 314 Å². The first-order chi connectivity index (χ1) is 22.4. The largest absolute Gasteiger partial charge is 0.699 e. The van der Waals surface area contributed by atoms with E-state index in [4.69, 9.17) is 16.2 Å². The summed E-state index contributed by atoms with van der Waals surface area (Å²) in [5, 5.41) is 0. The number of aryl methyl sites for hydroxylation is 2. The van der Waals surface area contributed by atoms with Crippen LogP contribution in [0.25, 0.3) is 32.3 Å². The van der Waals surface area contributed by atoms with Gasteiger partial charge in [-0.1, -0.05) is 51.8 Å². The van der Waals surface area contributed by atoms with Gasteiger partial charge in [0.15, 0.2) is 0 Å². The van der Waals surface area contributed by atoms with Gasteiger partial charge in [0.05, 0.1) is 27.4 Å². The number of ether oxygens (including phenoxy) is 1. The van der Waals surface area contributed by atoms with Crippen LogP contribution in [0.5, 0.6) is 0 Å². The number of carbonyl (C=O) groups excluding carboxylic acids is 2. The summed E-state index contributed by atoms with van der Waals surface area (Å²) in [5.74, 6) is -0.175. The third-order valence-corrected chi connectivity index (χ3v) is 8.20. The molecule has 259 valence electrons. The van der Waals surface area contributed by atoms with Gasteiger partial charge in [-0.25, -0.2) is 4.39 Å². The van der Waals surface area contributed by atoms with Gasteiger partial charge in [-0.2, -0.15) is 0 Å². The topological polar surface area (TPSA) is 123 Å². The van der Waals surface area contributed by atoms with E-state index in [1.807, 2.05) is 24.5 Å². The number of aromatic nitrogens is 2. The molecule has 0 spiro atoms. The van der Waals surface area contributed by atoms with E-state index in [1.165, 1.54) is 29.7 Å². The third-order valence-electron chi connectivity index (χ3n) is 6.97. The zero-order chi connectivity index (χ0) is 34.9. The summed E-state index contributed by atoms with van der Waals surface area (Å²) in [6.45, 7) is 14.1. The molecule has 0 atom stereocenters. The van der Waals surface area contributed by atoms with Gasteiger partial charge in [0.2, 0.25) is 11.8 Å². The first-order valence-electron chi connectivity index (χ1n) is 15.9. The van der Waals surface area contributed by atoms with Crippen molar-refractivity contribution in [1.82, 2.24) is 19.8 Å². The fourth-order valence-corrected chi connectivity index (χ4v) is 5.48. The quantitative estimate of drug-likeness (QED) is 0.178. The molecule has 0 bridgehead atoms. The maximum atomic E-state index is 12.5. The van der Waals surface area contributed by atoms with Crippen LogP contribution >= 0.6 is 11.3 Å². The standard InChI is InChI=1S/C21H25N3O2S.C7H7FN.C5H9N2O.C3H8.Y/c1-4-5-17-8-9-22-19-12-20(27-21(17)19)18-7-6-16(13-23-18)14-24(15(2)25)10-11-26-3;1-5-2-3-6(9)4-7(5)8;1-4(8)7-2-5(6)3-7;1-3-2;/h6-9,12-13H,4-5,10-11,14H2,1-3H3;2-4,9H,1H3;5-6H,2-3H2,1H3;3H2,1-2H3;/q;2*-1;;. The molecule has 4 heterocycles. The second-order valence-corrected chi connectivity index (χ2v) is 12.4. The van der Waals surface area contributed by atoms with Gasteiger partial charge < -0.3 is 26.0 Å². The second-order valence-electron chi connectivity index (χ2n) is 11.3. The molecular formula is C36H49FN6O3SY-2. The van der Waals surface area contributed by atoms with Crippen LogP contribution in [0.2, 0.25) is 0 Å². The molecule has 3 aromatic heterocycles. The molecule has 0 unspecified atom stereocenters. The molecule has 1 aliphatic rings. The number of methoxy groups -OCH3 is 1. The molecule has 2 amide bonds. The van der Waals surface area contributed by atoms with Crippen LogP contribution in [0.1, 0.15) is 64.2 Å². The fourth-order valence-electron chi connectivity index (χ4n) is 4.35. The maximum absolute atomic E-state index is 12.5. The molecule has 1 aliphatic heterocycles. The number of fused-ring (bicyclic) bond motifs is 1. The molecule has 1 saturated heterocycles. The van der Waals surface area contributed by atoms with Gasteiger partial charge in [-0.05, 0) is 54.3 Å². The molecule has 5 rings (SSSR count). The number of nitrogens with one attached hydrogen (secondary N) is 2. The van der Waals surface area contributed by atoms with Crippen molar-refractivity contribution in [2.24, 2.45) is 0 Å². The van der Waals surface area contributed by atoms with Crippen LogP contribution in [-0.4, -0.2) is 71.0 Å². The molecule has 1 fully saturated rings. The Kier molecular flexibility index (Phi) is 20.5. The molecule has 9 nitrogen and oxygen atoms in total. The minimum atomic E-state index is -0.303. The van der Waals surface area contributed by atoms with Gasteiger partial charge in [0.1, 0.15) is 5.82 Å². The van der Waals surface area contributed by atoms with Gasteiger partial charge >= 0.3 is 0 Å². The average molecular weight is 754 g/mol. The fraction of sp³-hybridized carbons (Fsp3) is 0.444. The van der Waals surface area contributed by atoms with Crippen molar-refractivity contribution in [2.75, 3.05) is 33.4 Å². The molecule has 48 heavy (non-hydrogen) atoms. The average Bonchev–Trinajstić information content (AvgIpc) is 3.46. The molecule has 4 aromatic rings. The number of pyridine rings is 2. The Hall–Kier alpha value is -2.83. The van der Waals surface area contributed by atoms with Crippen LogP contribution in [0.3, 0.4) is 0 Å². The zero-order valence-corrected chi connectivity index (χ0v) is 33.0. The number of rotatable bonds is 8. The van der Waals surface area contributed by atoms with Crippen LogP contribution < -0.4 is 0 Å². The van der Waals surface area contributed by atoms with Crippen LogP contribution in [0.4, 0.5) is 10.1 Å². The van der Waals surface area contributed by atoms with Crippen LogP contribution in [-0.2, 0) is 60.0 Å². The molecule has 12 heteroatoms. The van der Waals surface area contributed by atoms with E-state index in [0.29, 0.717) is 38.3 Å². The minimum absolute atomic E-state index is 0. The maximum Gasteiger partial charge on any atom is 0.219 e. The normalized spacial score (nSPS) is 11.8. The summed E-state index contributed by atoms with van der Waals surface area (Å²) in [6, 6.07) is 12.6. The van der Waals surface area contributed by atoms with Crippen molar-refractivity contribution < 1.29 is 51.4 Å². The number of carbonyl (C=O) groups is 2. The number of hydrogen-bond acceptors (Lipinski definition) is 6. The summed E-state index contributed by atoms with van der Waals surface area (Å²) in [6.07, 6.45) is 7.17. The van der Waals surface area contributed by atoms with Crippen molar-refractivity contribution in [2.45, 2.75) is 73.4 Å². The van der Waals surface area contributed by atoms with E-state index in [-0.39, 0.29) is 62.1 Å². The van der Waals surface area contributed by atoms with Crippen molar-refractivity contribution in [3.05, 3.63) is 88.8 Å². The zero-order valence-electron chi connectivity index (χ0n) is 29.3. The molecule has 0 saturated carbocycles. The van der Waals surface area contributed by atoms with E-state index in [9.17, 15) is 14.0 Å². The molecule has 1 radical (unpaired) electrons. The first kappa shape index (κ1) is 43.2. The summed E-state index contributed by atoms with van der Waals surface area (Å²) in [4.78, 5) is 35.9. The van der Waals surface area contributed by atoms with E-state index in [0.717, 1.165) is 34.5 Å². The Morgan fingerprint density at radius 3 is 2.25 bits per heavy atom. The van der Waals surface area contributed by atoms with E-state index in [1.54, 1.807) is 54.2 Å². The number of nitrogens with zero attached hydrogens (tertiary/aromatic N) is 4. The number of thiophene rings is 1. The number of likely N-dealkylation sites (tertiary alicyclic amines) is 1. The minimum Gasteiger partial charge on any atom is -0.699 e. The molecule has 2 N–H and O–H groups in total. The number of benzene rings is 1. The third kappa shape index (κ3) is 14.3. The van der Waals surface area contributed by atoms with Gasteiger partial charge in [0, 0.05) is 92.2 Å². The molecular weight excluding hydrogens is 704 g/mol. The SMILES string of the molecule is CC(=O)N1CC([NH-])C1.CCC.CCCc1ccnc2cc(-c3ccc(CN(CCOC)C(C)=O)cn3)sc12.Cc1ccc([NH-])cc1F.[Y]. The Balaban J connectivity index is 0.000000445. The second kappa shape index (κ2) is 22.7. The Morgan fingerprint density at radius 2 is 1.77 bits per heavy atom. The predicted octanol–water partition coefficient (Wildman–Crippen LogP) is 8.81. The number of halogens is 1. The summed E-state index contributed by atoms with van der Waals surface area (Å²) in [7, 11) is 1.64. The van der Waals surface area contributed by atoms with Crippen LogP contribution in [0.15, 0.2) is 54.9 Å². The van der Waals surface area contributed by atoms with Crippen molar-refractivity contribution in [3.8, 4) is 10.6 Å². The Bertz CT molecular complexity index is 1550. The van der Waals surface area contributed by atoms with Crippen molar-refractivity contribution in [1.29, 1.82) is 0 Å². The van der Waals surface area contributed by atoms with E-state index < -0.39 is 0 Å². The summed E-state index contributed by atoms with van der Waals surface area (Å²) >= 11 is 1.75. The predicted molar refractivity (Wildman–Crippen MR) is 191 cm³/mol. The van der Waals surface area contributed by atoms with Crippen LogP contribution in [0, 0.1) is 12.7 Å². The van der Waals surface area contributed by atoms with Crippen molar-refractivity contribution in [3.63, 3.8) is 0 Å². The van der Waals surface area contributed by atoms with E-state index in [2.05, 4.69) is 42.9 Å². The summed E-state index contributed by atoms with van der Waals surface area (Å²) in [5.41, 5.74) is 19.2. The van der Waals surface area contributed by atoms with E-state index >= 15 is 0 Å². The monoisotopic (exact) mass is 753 g/mol. The summed E-state index contributed by atoms with van der Waals surface area (Å²) < 4.78 is 18.8. The molecule has 1 aromatic carbocycles. The smallest absolute Gasteiger partial charge is 0.219 e. The number of amides is 2. The first-order valence-corrected chi connectivity index (χ1v) is 16.8. The van der Waals surface area contributed by atoms with Gasteiger partial charge in [-0.3, -0.25) is 19.6 Å². The molecule has 0 aliphatic carbocycles. The van der Waals surface area contributed by atoms with Crippen molar-refractivity contribution >= 4 is 39.1 Å². The van der Waals surface area contributed by atoms with Gasteiger partial charge in [0.25, 0.3) is 0 Å².